The van der Waals surface area contributed by atoms with Crippen LogP contribution < -0.4 is 9.62 Å². The van der Waals surface area contributed by atoms with Gasteiger partial charge in [-0.2, -0.15) is 0 Å². The lowest BCUT2D eigenvalue weighted by Gasteiger charge is -2.22. The summed E-state index contributed by atoms with van der Waals surface area (Å²) in [6.45, 7) is 2.32. The summed E-state index contributed by atoms with van der Waals surface area (Å²) >= 11 is 3.32. The minimum atomic E-state index is -3.56. The Morgan fingerprint density at radius 1 is 1.15 bits per heavy atom. The molecular formula is C19H23BrN2O3S. The molecule has 0 spiro atoms. The van der Waals surface area contributed by atoms with E-state index >= 15 is 0 Å². The first-order valence-corrected chi connectivity index (χ1v) is 11.0. The summed E-state index contributed by atoms with van der Waals surface area (Å²) in [5, 5.41) is 2.80. The summed E-state index contributed by atoms with van der Waals surface area (Å²) < 4.78 is 26.0. The number of amides is 1. The standard InChI is InChI=1S/C19H23BrN2O3S/c1-15-6-3-7-16(12-15)8-5-11-21-19(23)14-22(26(2,24)25)18-10-4-9-17(20)13-18/h3-4,6-7,9-10,12-13H,5,8,11,14H2,1-2H3,(H,21,23). The molecule has 26 heavy (non-hydrogen) atoms. The first-order chi connectivity index (χ1) is 12.3. The maximum atomic E-state index is 12.2. The Labute approximate surface area is 163 Å². The van der Waals surface area contributed by atoms with Crippen molar-refractivity contribution in [3.8, 4) is 0 Å². The summed E-state index contributed by atoms with van der Waals surface area (Å²) in [5.74, 6) is -0.320. The lowest BCUT2D eigenvalue weighted by Crippen LogP contribution is -2.40. The van der Waals surface area contributed by atoms with Crippen molar-refractivity contribution in [1.29, 1.82) is 0 Å². The molecule has 5 nitrogen and oxygen atoms in total. The molecule has 0 saturated carbocycles. The van der Waals surface area contributed by atoms with E-state index in [1.807, 2.05) is 19.1 Å². The van der Waals surface area contributed by atoms with Crippen molar-refractivity contribution in [3.63, 3.8) is 0 Å². The Balaban J connectivity index is 1.89. The number of nitrogens with zero attached hydrogens (tertiary/aromatic N) is 1. The smallest absolute Gasteiger partial charge is 0.240 e. The number of aryl methyl sites for hydroxylation is 2. The van der Waals surface area contributed by atoms with Gasteiger partial charge in [-0.3, -0.25) is 9.10 Å². The molecule has 0 heterocycles. The molecule has 2 rings (SSSR count). The van der Waals surface area contributed by atoms with Gasteiger partial charge in [0, 0.05) is 11.0 Å². The topological polar surface area (TPSA) is 66.5 Å². The van der Waals surface area contributed by atoms with Crippen LogP contribution >= 0.6 is 15.9 Å². The molecule has 0 aromatic heterocycles. The largest absolute Gasteiger partial charge is 0.355 e. The highest BCUT2D eigenvalue weighted by Crippen LogP contribution is 2.21. The Morgan fingerprint density at radius 3 is 2.54 bits per heavy atom. The molecule has 0 radical (unpaired) electrons. The fraction of sp³-hybridized carbons (Fsp3) is 0.316. The number of hydrogen-bond acceptors (Lipinski definition) is 3. The van der Waals surface area contributed by atoms with Crippen LogP contribution in [0.4, 0.5) is 5.69 Å². The number of hydrogen-bond donors (Lipinski definition) is 1. The first kappa shape index (κ1) is 20.5. The molecule has 0 aliphatic rings. The van der Waals surface area contributed by atoms with Crippen molar-refractivity contribution in [1.82, 2.24) is 5.32 Å². The van der Waals surface area contributed by atoms with Crippen LogP contribution in [0, 0.1) is 6.92 Å². The molecule has 2 aromatic rings. The van der Waals surface area contributed by atoms with E-state index in [1.165, 1.54) is 11.1 Å². The first-order valence-electron chi connectivity index (χ1n) is 8.31. The van der Waals surface area contributed by atoms with Gasteiger partial charge in [0.05, 0.1) is 11.9 Å². The number of rotatable bonds is 8. The molecular weight excluding hydrogens is 416 g/mol. The maximum Gasteiger partial charge on any atom is 0.240 e. The van der Waals surface area contributed by atoms with Gasteiger partial charge in [0.15, 0.2) is 0 Å². The molecule has 0 unspecified atom stereocenters. The van der Waals surface area contributed by atoms with E-state index in [-0.39, 0.29) is 12.5 Å². The molecule has 0 saturated heterocycles. The van der Waals surface area contributed by atoms with Crippen molar-refractivity contribution >= 4 is 37.5 Å². The highest BCUT2D eigenvalue weighted by Gasteiger charge is 2.20. The van der Waals surface area contributed by atoms with Crippen LogP contribution in [0.2, 0.25) is 0 Å². The summed E-state index contributed by atoms with van der Waals surface area (Å²) in [7, 11) is -3.56. The van der Waals surface area contributed by atoms with Crippen molar-refractivity contribution in [2.45, 2.75) is 19.8 Å². The summed E-state index contributed by atoms with van der Waals surface area (Å²) in [6, 6.07) is 15.1. The highest BCUT2D eigenvalue weighted by atomic mass is 79.9. The molecule has 1 amide bonds. The van der Waals surface area contributed by atoms with Gasteiger partial charge in [-0.05, 0) is 43.5 Å². The Morgan fingerprint density at radius 2 is 1.88 bits per heavy atom. The Hall–Kier alpha value is -1.86. The minimum absolute atomic E-state index is 0.236. The quantitative estimate of drug-likeness (QED) is 0.643. The third-order valence-corrected chi connectivity index (χ3v) is 5.46. The second kappa shape index (κ2) is 9.19. The molecule has 7 heteroatoms. The van der Waals surface area contributed by atoms with Crippen LogP contribution in [-0.2, 0) is 21.2 Å². The normalized spacial score (nSPS) is 11.2. The number of sulfonamides is 1. The lowest BCUT2D eigenvalue weighted by atomic mass is 10.1. The van der Waals surface area contributed by atoms with Crippen molar-refractivity contribution in [2.75, 3.05) is 23.7 Å². The van der Waals surface area contributed by atoms with Gasteiger partial charge < -0.3 is 5.32 Å². The third-order valence-electron chi connectivity index (χ3n) is 3.83. The zero-order valence-corrected chi connectivity index (χ0v) is 17.3. The zero-order valence-electron chi connectivity index (χ0n) is 14.9. The van der Waals surface area contributed by atoms with Gasteiger partial charge in [0.2, 0.25) is 15.9 Å². The van der Waals surface area contributed by atoms with E-state index in [0.717, 1.165) is 27.9 Å². The Bertz CT molecular complexity index is 869. The maximum absolute atomic E-state index is 12.2. The fourth-order valence-electron chi connectivity index (χ4n) is 2.61. The second-order valence-electron chi connectivity index (χ2n) is 6.19. The van der Waals surface area contributed by atoms with Gasteiger partial charge >= 0.3 is 0 Å². The fourth-order valence-corrected chi connectivity index (χ4v) is 3.84. The van der Waals surface area contributed by atoms with Crippen LogP contribution in [0.15, 0.2) is 53.0 Å². The minimum Gasteiger partial charge on any atom is -0.355 e. The Kier molecular flexibility index (Phi) is 7.23. The van der Waals surface area contributed by atoms with Gasteiger partial charge in [0.1, 0.15) is 6.54 Å². The number of nitrogens with one attached hydrogen (secondary N) is 1. The predicted octanol–water partition coefficient (Wildman–Crippen LogP) is 3.27. The predicted molar refractivity (Wildman–Crippen MR) is 109 cm³/mol. The van der Waals surface area contributed by atoms with Crippen LogP contribution in [0.3, 0.4) is 0 Å². The van der Waals surface area contributed by atoms with E-state index in [1.54, 1.807) is 24.3 Å². The average Bonchev–Trinajstić information content (AvgIpc) is 2.55. The van der Waals surface area contributed by atoms with Crippen LogP contribution in [0.5, 0.6) is 0 Å². The molecule has 0 atom stereocenters. The van der Waals surface area contributed by atoms with Crippen molar-refractivity contribution in [3.05, 3.63) is 64.1 Å². The number of halogens is 1. The molecule has 0 fully saturated rings. The summed E-state index contributed by atoms with van der Waals surface area (Å²) in [5.41, 5.74) is 2.90. The van der Waals surface area contributed by atoms with Crippen molar-refractivity contribution in [2.24, 2.45) is 0 Å². The highest BCUT2D eigenvalue weighted by molar-refractivity contribution is 9.10. The molecule has 2 aromatic carbocycles. The molecule has 0 aliphatic carbocycles. The molecule has 1 N–H and O–H groups in total. The second-order valence-corrected chi connectivity index (χ2v) is 9.01. The zero-order chi connectivity index (χ0) is 19.2. The molecule has 140 valence electrons. The number of carbonyl (C=O) groups excluding carboxylic acids is 1. The van der Waals surface area contributed by atoms with Gasteiger partial charge in [-0.25, -0.2) is 8.42 Å². The summed E-state index contributed by atoms with van der Waals surface area (Å²) in [6.07, 6.45) is 2.76. The summed E-state index contributed by atoms with van der Waals surface area (Å²) in [4.78, 5) is 12.2. The lowest BCUT2D eigenvalue weighted by molar-refractivity contribution is -0.119. The van der Waals surface area contributed by atoms with Crippen LogP contribution in [0.25, 0.3) is 0 Å². The third kappa shape index (κ3) is 6.46. The van der Waals surface area contributed by atoms with E-state index < -0.39 is 10.0 Å². The van der Waals surface area contributed by atoms with Crippen LogP contribution in [-0.4, -0.2) is 33.7 Å². The number of carbonyl (C=O) groups is 1. The van der Waals surface area contributed by atoms with Crippen molar-refractivity contribution < 1.29 is 13.2 Å². The monoisotopic (exact) mass is 438 g/mol. The van der Waals surface area contributed by atoms with Crippen LogP contribution in [0.1, 0.15) is 17.5 Å². The van der Waals surface area contributed by atoms with Gasteiger partial charge in [-0.1, -0.05) is 51.8 Å². The van der Waals surface area contributed by atoms with Gasteiger partial charge in [-0.15, -0.1) is 0 Å². The average molecular weight is 439 g/mol. The number of anilines is 1. The molecule has 0 aliphatic heterocycles. The SMILES string of the molecule is Cc1cccc(CCCNC(=O)CN(c2cccc(Br)c2)S(C)(=O)=O)c1. The van der Waals surface area contributed by atoms with Gasteiger partial charge in [0.25, 0.3) is 0 Å². The van der Waals surface area contributed by atoms with E-state index in [2.05, 4.69) is 33.4 Å². The van der Waals surface area contributed by atoms with E-state index in [9.17, 15) is 13.2 Å². The number of benzene rings is 2. The molecule has 0 bridgehead atoms. The van der Waals surface area contributed by atoms with E-state index in [4.69, 9.17) is 0 Å². The van der Waals surface area contributed by atoms with E-state index in [0.29, 0.717) is 12.2 Å².